The van der Waals surface area contributed by atoms with Crippen LogP contribution in [0.4, 0.5) is 10.1 Å². The van der Waals surface area contributed by atoms with Gasteiger partial charge in [0.25, 0.3) is 0 Å². The molecule has 2 aliphatic heterocycles. The number of amides is 3. The maximum absolute atomic E-state index is 13.8. The number of aromatic amines is 1. The van der Waals surface area contributed by atoms with Gasteiger partial charge in [0.15, 0.2) is 0 Å². The third-order valence-electron chi connectivity index (χ3n) is 9.07. The van der Waals surface area contributed by atoms with Crippen molar-refractivity contribution in [3.8, 4) is 0 Å². The summed E-state index contributed by atoms with van der Waals surface area (Å²) in [5.74, 6) is -2.57. The van der Waals surface area contributed by atoms with Crippen LogP contribution in [0.25, 0.3) is 0 Å². The largest absolute Gasteiger partial charge is 0.326 e. The van der Waals surface area contributed by atoms with E-state index in [1.54, 1.807) is 23.9 Å². The van der Waals surface area contributed by atoms with Crippen molar-refractivity contribution in [2.45, 2.75) is 33.9 Å². The molecule has 0 radical (unpaired) electrons. The number of aromatic nitrogens is 1. The second-order valence-corrected chi connectivity index (χ2v) is 15.0. The van der Waals surface area contributed by atoms with Crippen LogP contribution in [-0.4, -0.2) is 47.8 Å². The second-order valence-electron chi connectivity index (χ2n) is 11.2. The Hall–Kier alpha value is -3.33. The number of H-pyrrole nitrogens is 1. The molecule has 2 aliphatic carbocycles. The third-order valence-corrected chi connectivity index (χ3v) is 12.6. The predicted octanol–water partition coefficient (Wildman–Crippen LogP) is 2.73. The highest BCUT2D eigenvalue weighted by molar-refractivity contribution is 8.00. The fourth-order valence-corrected chi connectivity index (χ4v) is 10.9. The zero-order valence-electron chi connectivity index (χ0n) is 21.9. The van der Waals surface area contributed by atoms with Crippen LogP contribution in [0, 0.1) is 35.4 Å². The quantitative estimate of drug-likeness (QED) is 0.354. The van der Waals surface area contributed by atoms with Crippen LogP contribution in [0.1, 0.15) is 29.2 Å². The van der Waals surface area contributed by atoms with Gasteiger partial charge < -0.3 is 10.3 Å². The number of carbonyl (C=O) groups is 3. The standard InChI is InChI=1S/C28H25FN4O6S3/c29-13-3-1-12(2-4-13)19-20-16-11-17(23(20)40-25-24(19)41-28(37)32-25)22-21(16)26(35)33(27(22)36)10-9-18(34)31-14-5-7-15(8-6-14)42(30,38)39/h1-8,16-17,19-23H,9-11H2,(H,31,34)(H,32,37)(H2,30,38,39). The maximum atomic E-state index is 13.8. The number of nitrogens with two attached hydrogens (primary N) is 1. The zero-order valence-corrected chi connectivity index (χ0v) is 24.3. The molecule has 7 rings (SSSR count). The molecule has 1 aromatic heterocycles. The van der Waals surface area contributed by atoms with E-state index in [1.807, 2.05) is 0 Å². The Labute approximate surface area is 247 Å². The molecule has 42 heavy (non-hydrogen) atoms. The highest BCUT2D eigenvalue weighted by Gasteiger charge is 2.69. The number of hydrogen-bond donors (Lipinski definition) is 3. The van der Waals surface area contributed by atoms with E-state index in [2.05, 4.69) is 10.3 Å². The summed E-state index contributed by atoms with van der Waals surface area (Å²) in [6, 6.07) is 11.7. The summed E-state index contributed by atoms with van der Waals surface area (Å²) in [4.78, 5) is 57.1. The van der Waals surface area contributed by atoms with Crippen molar-refractivity contribution in [2.75, 3.05) is 11.9 Å². The molecule has 7 unspecified atom stereocenters. The average molecular weight is 629 g/mol. The molecule has 3 fully saturated rings. The Morgan fingerprint density at radius 1 is 1.02 bits per heavy atom. The summed E-state index contributed by atoms with van der Waals surface area (Å²) in [5.41, 5.74) is 1.24. The van der Waals surface area contributed by atoms with Gasteiger partial charge in [-0.05, 0) is 66.1 Å². The van der Waals surface area contributed by atoms with Gasteiger partial charge in [-0.2, -0.15) is 0 Å². The number of sulfonamides is 1. The van der Waals surface area contributed by atoms with Crippen molar-refractivity contribution in [1.29, 1.82) is 0 Å². The summed E-state index contributed by atoms with van der Waals surface area (Å²) in [5, 5.41) is 8.56. The molecule has 3 aromatic rings. The van der Waals surface area contributed by atoms with Crippen LogP contribution in [-0.2, 0) is 24.4 Å². The molecule has 4 N–H and O–H groups in total. The van der Waals surface area contributed by atoms with Crippen molar-refractivity contribution in [2.24, 2.45) is 34.7 Å². The minimum absolute atomic E-state index is 0.00552. The number of rotatable bonds is 6. The SMILES string of the molecule is NS(=O)(=O)c1ccc(NC(=O)CCN2C(=O)C3C4CC(C3C2=O)C2C(c3ccc(F)cc3)c3sc(=O)[nH]c3SC42)cc1. The molecule has 0 spiro atoms. The first-order chi connectivity index (χ1) is 20.0. The number of fused-ring (bicyclic) bond motifs is 9. The van der Waals surface area contributed by atoms with Gasteiger partial charge in [-0.3, -0.25) is 24.1 Å². The van der Waals surface area contributed by atoms with Crippen LogP contribution in [0.5, 0.6) is 0 Å². The highest BCUT2D eigenvalue weighted by atomic mass is 32.2. The van der Waals surface area contributed by atoms with E-state index in [1.165, 1.54) is 41.3 Å². The number of nitrogens with one attached hydrogen (secondary N) is 2. The Balaban J connectivity index is 1.10. The number of thioether (sulfide) groups is 1. The fourth-order valence-electron chi connectivity index (χ4n) is 7.51. The van der Waals surface area contributed by atoms with E-state index in [9.17, 15) is 32.0 Å². The van der Waals surface area contributed by atoms with Crippen LogP contribution >= 0.6 is 23.1 Å². The lowest BCUT2D eigenvalue weighted by Gasteiger charge is -2.43. The Morgan fingerprint density at radius 3 is 2.36 bits per heavy atom. The first kappa shape index (κ1) is 27.5. The number of thiazole rings is 1. The number of anilines is 1. The van der Waals surface area contributed by atoms with Gasteiger partial charge in [-0.15, -0.1) is 11.8 Å². The summed E-state index contributed by atoms with van der Waals surface area (Å²) in [6.07, 6.45) is 0.621. The Kier molecular flexibility index (Phi) is 6.46. The lowest BCUT2D eigenvalue weighted by molar-refractivity contribution is -0.141. The number of carbonyl (C=O) groups excluding carboxylic acids is 3. The number of primary sulfonamides is 1. The smallest absolute Gasteiger partial charge is 0.305 e. The Bertz CT molecular complexity index is 1790. The van der Waals surface area contributed by atoms with Gasteiger partial charge in [0.1, 0.15) is 5.82 Å². The van der Waals surface area contributed by atoms with Crippen LogP contribution in [0.2, 0.25) is 0 Å². The second kappa shape index (κ2) is 9.86. The van der Waals surface area contributed by atoms with Crippen LogP contribution < -0.4 is 15.3 Å². The summed E-state index contributed by atoms with van der Waals surface area (Å²) in [6.45, 7) is -0.0598. The maximum Gasteiger partial charge on any atom is 0.305 e. The molecule has 2 aromatic carbocycles. The average Bonchev–Trinajstić information content (AvgIpc) is 3.67. The van der Waals surface area contributed by atoms with Crippen LogP contribution in [0.15, 0.2) is 63.2 Å². The van der Waals surface area contributed by atoms with Gasteiger partial charge in [0, 0.05) is 34.7 Å². The molecule has 2 bridgehead atoms. The lowest BCUT2D eigenvalue weighted by Crippen LogP contribution is -2.42. The molecule has 3 amide bonds. The van der Waals surface area contributed by atoms with E-state index in [4.69, 9.17) is 5.14 Å². The monoisotopic (exact) mass is 628 g/mol. The highest BCUT2D eigenvalue weighted by Crippen LogP contribution is 2.68. The first-order valence-corrected chi connectivity index (χ1v) is 16.7. The zero-order chi connectivity index (χ0) is 29.5. The third kappa shape index (κ3) is 4.34. The van der Waals surface area contributed by atoms with E-state index < -0.39 is 27.8 Å². The summed E-state index contributed by atoms with van der Waals surface area (Å²) < 4.78 is 36.7. The van der Waals surface area contributed by atoms with E-state index in [-0.39, 0.29) is 69.3 Å². The van der Waals surface area contributed by atoms with Gasteiger partial charge in [-0.25, -0.2) is 17.9 Å². The molecule has 218 valence electrons. The predicted molar refractivity (Wildman–Crippen MR) is 153 cm³/mol. The molecule has 4 aliphatic rings. The number of imide groups is 1. The van der Waals surface area contributed by atoms with E-state index in [0.29, 0.717) is 5.69 Å². The number of benzene rings is 2. The van der Waals surface area contributed by atoms with Crippen molar-refractivity contribution in [1.82, 2.24) is 9.88 Å². The summed E-state index contributed by atoms with van der Waals surface area (Å²) >= 11 is 2.72. The van der Waals surface area contributed by atoms with Crippen molar-refractivity contribution >= 4 is 56.5 Å². The molecule has 14 heteroatoms. The van der Waals surface area contributed by atoms with E-state index in [0.717, 1.165) is 33.2 Å². The molecule has 7 atom stereocenters. The van der Waals surface area contributed by atoms with Crippen molar-refractivity contribution in [3.63, 3.8) is 0 Å². The van der Waals surface area contributed by atoms with E-state index >= 15 is 0 Å². The lowest BCUT2D eigenvalue weighted by atomic mass is 9.68. The minimum Gasteiger partial charge on any atom is -0.326 e. The van der Waals surface area contributed by atoms with Crippen LogP contribution in [0.3, 0.4) is 0 Å². The van der Waals surface area contributed by atoms with Gasteiger partial charge in [0.05, 0.1) is 21.8 Å². The number of halogens is 1. The number of likely N-dealkylation sites (tertiary alicyclic amines) is 1. The topological polar surface area (TPSA) is 159 Å². The first-order valence-electron chi connectivity index (χ1n) is 13.4. The molecular weight excluding hydrogens is 604 g/mol. The minimum atomic E-state index is -3.86. The van der Waals surface area contributed by atoms with Crippen molar-refractivity contribution in [3.05, 3.63) is 74.5 Å². The van der Waals surface area contributed by atoms with Gasteiger partial charge in [0.2, 0.25) is 27.7 Å². The molecule has 10 nitrogen and oxygen atoms in total. The van der Waals surface area contributed by atoms with Crippen molar-refractivity contribution < 1.29 is 27.2 Å². The number of nitrogens with zero attached hydrogens (tertiary/aromatic N) is 1. The fraction of sp³-hybridized carbons (Fsp3) is 0.357. The summed E-state index contributed by atoms with van der Waals surface area (Å²) in [7, 11) is -3.86. The molecule has 2 saturated carbocycles. The molecule has 3 heterocycles. The molecule has 1 saturated heterocycles. The van der Waals surface area contributed by atoms with Gasteiger partial charge in [-0.1, -0.05) is 23.5 Å². The Morgan fingerprint density at radius 2 is 1.69 bits per heavy atom. The molecular formula is C28H25FN4O6S3. The number of hydrogen-bond acceptors (Lipinski definition) is 8. The van der Waals surface area contributed by atoms with Gasteiger partial charge >= 0.3 is 4.87 Å². The normalized spacial score (nSPS) is 29.4.